The summed E-state index contributed by atoms with van der Waals surface area (Å²) in [7, 11) is 0. The summed E-state index contributed by atoms with van der Waals surface area (Å²) in [5.74, 6) is 1.77. The summed E-state index contributed by atoms with van der Waals surface area (Å²) >= 11 is 7.93. The fourth-order valence-electron chi connectivity index (χ4n) is 2.64. The summed E-state index contributed by atoms with van der Waals surface area (Å²) in [6.45, 7) is 3.20. The Hall–Kier alpha value is -0.670. The van der Waals surface area contributed by atoms with Crippen molar-refractivity contribution in [1.82, 2.24) is 9.55 Å². The number of nitrogens with zero attached hydrogens (tertiary/aromatic N) is 2. The Morgan fingerprint density at radius 3 is 2.84 bits per heavy atom. The number of hydrogen-bond acceptors (Lipinski definition) is 2. The van der Waals surface area contributed by atoms with Gasteiger partial charge in [0.2, 0.25) is 0 Å². The van der Waals surface area contributed by atoms with Crippen LogP contribution in [0.25, 0.3) is 11.0 Å². The number of fused-ring (bicyclic) bond motifs is 1. The number of benzene rings is 1. The van der Waals surface area contributed by atoms with E-state index in [0.29, 0.717) is 10.6 Å². The predicted octanol–water partition coefficient (Wildman–Crippen LogP) is 4.02. The van der Waals surface area contributed by atoms with Gasteiger partial charge in [0.15, 0.2) is 0 Å². The Bertz CT molecular complexity index is 601. The zero-order chi connectivity index (χ0) is 13.5. The Kier molecular flexibility index (Phi) is 3.52. The molecule has 1 saturated carbocycles. The van der Waals surface area contributed by atoms with Gasteiger partial charge in [-0.3, -0.25) is 0 Å². The highest BCUT2D eigenvalue weighted by molar-refractivity contribution is 8.00. The first-order chi connectivity index (χ1) is 9.19. The van der Waals surface area contributed by atoms with Crippen LogP contribution in [0.5, 0.6) is 0 Å². The summed E-state index contributed by atoms with van der Waals surface area (Å²) in [6.07, 6.45) is 5.71. The van der Waals surface area contributed by atoms with E-state index in [1.807, 2.05) is 11.8 Å². The molecule has 2 aromatic rings. The predicted molar refractivity (Wildman–Crippen MR) is 84.4 cm³/mol. The SMILES string of the molecule is CSC1(Cn2c(CCCl)nc3c(C)cccc32)CC1. The molecule has 2 nitrogen and oxygen atoms in total. The van der Waals surface area contributed by atoms with Crippen molar-refractivity contribution in [1.29, 1.82) is 0 Å². The standard InChI is InChI=1S/C15H19ClN2S/c1-11-4-3-5-12-14(11)17-13(6-9-16)18(12)10-15(19-2)7-8-15/h3-5H,6-10H2,1-2H3. The van der Waals surface area contributed by atoms with Crippen LogP contribution in [0, 0.1) is 6.92 Å². The van der Waals surface area contributed by atoms with Crippen LogP contribution in [-0.4, -0.2) is 26.4 Å². The highest BCUT2D eigenvalue weighted by atomic mass is 35.5. The van der Waals surface area contributed by atoms with Crippen LogP contribution in [-0.2, 0) is 13.0 Å². The van der Waals surface area contributed by atoms with E-state index in [2.05, 4.69) is 35.9 Å². The fraction of sp³-hybridized carbons (Fsp3) is 0.533. The van der Waals surface area contributed by atoms with Gasteiger partial charge < -0.3 is 4.57 Å². The van der Waals surface area contributed by atoms with Crippen molar-refractivity contribution in [2.45, 2.75) is 37.5 Å². The summed E-state index contributed by atoms with van der Waals surface area (Å²) in [5, 5.41) is 0. The van der Waals surface area contributed by atoms with Crippen molar-refractivity contribution in [2.24, 2.45) is 0 Å². The Balaban J connectivity index is 2.08. The molecular formula is C15H19ClN2S. The molecule has 1 aliphatic carbocycles. The molecule has 0 atom stereocenters. The highest BCUT2D eigenvalue weighted by Crippen LogP contribution is 2.49. The van der Waals surface area contributed by atoms with Crippen LogP contribution in [0.4, 0.5) is 0 Å². The Labute approximate surface area is 123 Å². The first-order valence-corrected chi connectivity index (χ1v) is 8.51. The van der Waals surface area contributed by atoms with Crippen molar-refractivity contribution in [3.05, 3.63) is 29.6 Å². The lowest BCUT2D eigenvalue weighted by atomic mass is 10.2. The number of alkyl halides is 1. The number of rotatable bonds is 5. The van der Waals surface area contributed by atoms with Crippen LogP contribution in [0.3, 0.4) is 0 Å². The molecule has 1 heterocycles. The number of aryl methyl sites for hydroxylation is 2. The van der Waals surface area contributed by atoms with Gasteiger partial charge in [-0.05, 0) is 37.7 Å². The van der Waals surface area contributed by atoms with E-state index in [-0.39, 0.29) is 0 Å². The first-order valence-electron chi connectivity index (χ1n) is 6.75. The maximum Gasteiger partial charge on any atom is 0.111 e. The van der Waals surface area contributed by atoms with Crippen LogP contribution in [0.15, 0.2) is 18.2 Å². The molecule has 1 fully saturated rings. The average molecular weight is 295 g/mol. The molecule has 0 bridgehead atoms. The van der Waals surface area contributed by atoms with Crippen LogP contribution >= 0.6 is 23.4 Å². The number of halogens is 1. The lowest BCUT2D eigenvalue weighted by Gasteiger charge is -2.16. The normalized spacial score (nSPS) is 17.0. The minimum atomic E-state index is 0.443. The molecule has 4 heteroatoms. The maximum atomic E-state index is 5.94. The summed E-state index contributed by atoms with van der Waals surface area (Å²) in [6, 6.07) is 6.44. The van der Waals surface area contributed by atoms with E-state index in [4.69, 9.17) is 16.6 Å². The minimum Gasteiger partial charge on any atom is -0.327 e. The monoisotopic (exact) mass is 294 g/mol. The van der Waals surface area contributed by atoms with E-state index in [9.17, 15) is 0 Å². The van der Waals surface area contributed by atoms with E-state index < -0.39 is 0 Å². The van der Waals surface area contributed by atoms with Gasteiger partial charge in [0, 0.05) is 23.6 Å². The van der Waals surface area contributed by atoms with Gasteiger partial charge in [-0.1, -0.05) is 12.1 Å². The van der Waals surface area contributed by atoms with E-state index in [0.717, 1.165) is 24.3 Å². The summed E-state index contributed by atoms with van der Waals surface area (Å²) < 4.78 is 2.84. The summed E-state index contributed by atoms with van der Waals surface area (Å²) in [5.41, 5.74) is 3.65. The maximum absolute atomic E-state index is 5.94. The lowest BCUT2D eigenvalue weighted by molar-refractivity contribution is 0.645. The average Bonchev–Trinajstić information content (AvgIpc) is 3.10. The molecule has 19 heavy (non-hydrogen) atoms. The third-order valence-electron chi connectivity index (χ3n) is 4.06. The third kappa shape index (κ3) is 2.38. The smallest absolute Gasteiger partial charge is 0.111 e. The molecule has 0 spiro atoms. The third-order valence-corrected chi connectivity index (χ3v) is 5.66. The molecule has 1 aromatic heterocycles. The number of para-hydroxylation sites is 1. The molecule has 102 valence electrons. The second kappa shape index (κ2) is 5.02. The number of aromatic nitrogens is 2. The Morgan fingerprint density at radius 1 is 1.42 bits per heavy atom. The topological polar surface area (TPSA) is 17.8 Å². The molecule has 0 saturated heterocycles. The van der Waals surface area contributed by atoms with Gasteiger partial charge >= 0.3 is 0 Å². The zero-order valence-corrected chi connectivity index (χ0v) is 13.0. The van der Waals surface area contributed by atoms with Crippen molar-refractivity contribution < 1.29 is 0 Å². The number of thioether (sulfide) groups is 1. The number of hydrogen-bond donors (Lipinski definition) is 0. The molecule has 0 amide bonds. The molecular weight excluding hydrogens is 276 g/mol. The van der Waals surface area contributed by atoms with Crippen LogP contribution < -0.4 is 0 Å². The van der Waals surface area contributed by atoms with Gasteiger partial charge in [-0.15, -0.1) is 11.6 Å². The van der Waals surface area contributed by atoms with Crippen molar-refractivity contribution in [2.75, 3.05) is 12.1 Å². The van der Waals surface area contributed by atoms with Crippen LogP contribution in [0.2, 0.25) is 0 Å². The van der Waals surface area contributed by atoms with Crippen LogP contribution in [0.1, 0.15) is 24.2 Å². The second-order valence-electron chi connectivity index (χ2n) is 5.38. The highest BCUT2D eigenvalue weighted by Gasteiger charge is 2.42. The van der Waals surface area contributed by atoms with Gasteiger partial charge in [0.25, 0.3) is 0 Å². The van der Waals surface area contributed by atoms with Gasteiger partial charge in [-0.2, -0.15) is 11.8 Å². The van der Waals surface area contributed by atoms with E-state index >= 15 is 0 Å². The molecule has 0 aliphatic heterocycles. The fourth-order valence-corrected chi connectivity index (χ4v) is 3.58. The van der Waals surface area contributed by atoms with Crippen molar-refractivity contribution in [3.63, 3.8) is 0 Å². The second-order valence-corrected chi connectivity index (χ2v) is 7.04. The van der Waals surface area contributed by atoms with Crippen molar-refractivity contribution >= 4 is 34.4 Å². The van der Waals surface area contributed by atoms with Gasteiger partial charge in [0.05, 0.1) is 11.0 Å². The zero-order valence-electron chi connectivity index (χ0n) is 11.4. The Morgan fingerprint density at radius 2 is 2.21 bits per heavy atom. The van der Waals surface area contributed by atoms with Gasteiger partial charge in [-0.25, -0.2) is 4.98 Å². The van der Waals surface area contributed by atoms with E-state index in [1.54, 1.807) is 0 Å². The van der Waals surface area contributed by atoms with E-state index in [1.165, 1.54) is 23.9 Å². The molecule has 1 aromatic carbocycles. The van der Waals surface area contributed by atoms with Crippen molar-refractivity contribution in [3.8, 4) is 0 Å². The largest absolute Gasteiger partial charge is 0.327 e. The quantitative estimate of drug-likeness (QED) is 0.775. The minimum absolute atomic E-state index is 0.443. The first kappa shape index (κ1) is 13.3. The lowest BCUT2D eigenvalue weighted by Crippen LogP contribution is -2.16. The summed E-state index contributed by atoms with van der Waals surface area (Å²) in [4.78, 5) is 4.82. The van der Waals surface area contributed by atoms with Gasteiger partial charge in [0.1, 0.15) is 5.82 Å². The molecule has 1 aliphatic rings. The number of imidazole rings is 1. The molecule has 3 rings (SSSR count). The molecule has 0 unspecified atom stereocenters. The molecule has 0 radical (unpaired) electrons. The molecule has 0 N–H and O–H groups in total.